The minimum absolute atomic E-state index is 0.0201. The highest BCUT2D eigenvalue weighted by molar-refractivity contribution is 5.93. The first-order valence-electron chi connectivity index (χ1n) is 12.0. The zero-order valence-electron chi connectivity index (χ0n) is 19.4. The van der Waals surface area contributed by atoms with Gasteiger partial charge < -0.3 is 5.11 Å². The summed E-state index contributed by atoms with van der Waals surface area (Å²) < 4.78 is 53.6. The van der Waals surface area contributed by atoms with E-state index in [0.717, 1.165) is 24.0 Å². The number of halogens is 4. The molecule has 0 amide bonds. The maximum atomic E-state index is 14.6. The third kappa shape index (κ3) is 3.64. The lowest BCUT2D eigenvalue weighted by atomic mass is 9.51. The maximum Gasteiger partial charge on any atom is 0.457 e. The van der Waals surface area contributed by atoms with E-state index in [9.17, 15) is 27.5 Å². The van der Waals surface area contributed by atoms with Crippen LogP contribution in [-0.4, -0.2) is 22.7 Å². The van der Waals surface area contributed by atoms with Crippen molar-refractivity contribution in [2.24, 2.45) is 17.3 Å². The molecule has 1 N–H and O–H groups in total. The van der Waals surface area contributed by atoms with Crippen LogP contribution in [0.25, 0.3) is 0 Å². The summed E-state index contributed by atoms with van der Waals surface area (Å²) in [6, 6.07) is 5.14. The number of carbonyl (C=O) groups excluding carboxylic acids is 1. The topological polar surface area (TPSA) is 37.3 Å². The van der Waals surface area contributed by atoms with E-state index in [1.54, 1.807) is 19.1 Å². The second-order valence-electron chi connectivity index (χ2n) is 10.7. The Morgan fingerprint density at radius 2 is 1.91 bits per heavy atom. The number of ketones is 1. The zero-order chi connectivity index (χ0) is 24.5. The lowest BCUT2D eigenvalue weighted by Crippen LogP contribution is -2.51. The summed E-state index contributed by atoms with van der Waals surface area (Å²) in [5.74, 6) is 3.16. The van der Waals surface area contributed by atoms with Gasteiger partial charge in [0.2, 0.25) is 0 Å². The zero-order valence-corrected chi connectivity index (χ0v) is 19.4. The first-order chi connectivity index (χ1) is 15.9. The Morgan fingerprint density at radius 1 is 1.15 bits per heavy atom. The van der Waals surface area contributed by atoms with E-state index in [-0.39, 0.29) is 35.8 Å². The third-order valence-corrected chi connectivity index (χ3v) is 8.90. The largest absolute Gasteiger partial charge is 0.457 e. The first-order valence-corrected chi connectivity index (χ1v) is 12.0. The van der Waals surface area contributed by atoms with Gasteiger partial charge in [0.05, 0.1) is 0 Å². The molecule has 1 aromatic rings. The first kappa shape index (κ1) is 23.4. The molecule has 0 spiro atoms. The Kier molecular flexibility index (Phi) is 5.37. The molecular weight excluding hydrogens is 444 g/mol. The average molecular weight is 473 g/mol. The molecular formula is C28H28F4O2. The minimum Gasteiger partial charge on any atom is -0.377 e. The second-order valence-corrected chi connectivity index (χ2v) is 10.7. The number of allylic oxidation sites excluding steroid dienone is 4. The van der Waals surface area contributed by atoms with Crippen LogP contribution in [0.15, 0.2) is 41.0 Å². The summed E-state index contributed by atoms with van der Waals surface area (Å²) in [5, 5.41) is 11.5. The highest BCUT2D eigenvalue weighted by atomic mass is 19.4. The summed E-state index contributed by atoms with van der Waals surface area (Å²) >= 11 is 0. The summed E-state index contributed by atoms with van der Waals surface area (Å²) in [5.41, 5.74) is 2.09. The lowest BCUT2D eigenvalue weighted by Gasteiger charge is -2.53. The lowest BCUT2D eigenvalue weighted by molar-refractivity contribution is -0.114. The van der Waals surface area contributed by atoms with Gasteiger partial charge >= 0.3 is 6.18 Å². The molecule has 34 heavy (non-hydrogen) atoms. The predicted molar refractivity (Wildman–Crippen MR) is 120 cm³/mol. The van der Waals surface area contributed by atoms with E-state index in [1.807, 2.05) is 13.0 Å². The fourth-order valence-electron chi connectivity index (χ4n) is 7.17. The molecule has 5 atom stereocenters. The van der Waals surface area contributed by atoms with Crippen molar-refractivity contribution in [3.8, 4) is 11.8 Å². The highest BCUT2D eigenvalue weighted by Gasteiger charge is 2.62. The van der Waals surface area contributed by atoms with Gasteiger partial charge in [0.1, 0.15) is 11.4 Å². The molecule has 1 aromatic carbocycles. The number of aryl methyl sites for hydroxylation is 1. The molecule has 0 bridgehead atoms. The van der Waals surface area contributed by atoms with Gasteiger partial charge in [0, 0.05) is 23.7 Å². The minimum atomic E-state index is -4.68. The van der Waals surface area contributed by atoms with Crippen LogP contribution < -0.4 is 0 Å². The van der Waals surface area contributed by atoms with E-state index in [1.165, 1.54) is 23.1 Å². The van der Waals surface area contributed by atoms with Crippen LogP contribution in [0.1, 0.15) is 68.9 Å². The summed E-state index contributed by atoms with van der Waals surface area (Å²) in [7, 11) is 0. The van der Waals surface area contributed by atoms with Crippen molar-refractivity contribution in [3.05, 3.63) is 57.9 Å². The average Bonchev–Trinajstić information content (AvgIpc) is 3.04. The fourth-order valence-corrected chi connectivity index (χ4v) is 7.17. The van der Waals surface area contributed by atoms with Gasteiger partial charge in [0.25, 0.3) is 0 Å². The van der Waals surface area contributed by atoms with Crippen LogP contribution in [0.2, 0.25) is 0 Å². The number of hydrogen-bond acceptors (Lipinski definition) is 2. The number of benzene rings is 1. The van der Waals surface area contributed by atoms with Crippen LogP contribution in [0, 0.1) is 41.8 Å². The van der Waals surface area contributed by atoms with E-state index in [0.29, 0.717) is 31.2 Å². The Labute approximate surface area is 197 Å². The van der Waals surface area contributed by atoms with Gasteiger partial charge in [-0.1, -0.05) is 30.6 Å². The molecule has 4 aliphatic carbocycles. The van der Waals surface area contributed by atoms with Gasteiger partial charge in [0.15, 0.2) is 5.78 Å². The fraction of sp³-hybridized carbons (Fsp3) is 0.536. The van der Waals surface area contributed by atoms with Gasteiger partial charge in [-0.3, -0.25) is 4.79 Å². The number of rotatable bonds is 1. The van der Waals surface area contributed by atoms with Crippen LogP contribution in [0.3, 0.4) is 0 Å². The third-order valence-electron chi connectivity index (χ3n) is 8.90. The molecule has 0 heterocycles. The van der Waals surface area contributed by atoms with Crippen LogP contribution >= 0.6 is 0 Å². The molecule has 5 rings (SSSR count). The predicted octanol–water partition coefficient (Wildman–Crippen LogP) is 6.33. The smallest absolute Gasteiger partial charge is 0.377 e. The molecule has 4 aliphatic rings. The molecule has 0 radical (unpaired) electrons. The number of carbonyl (C=O) groups is 1. The molecule has 0 aromatic heterocycles. The van der Waals surface area contributed by atoms with Gasteiger partial charge in [-0.05, 0) is 91.7 Å². The maximum absolute atomic E-state index is 14.6. The molecule has 2 saturated carbocycles. The van der Waals surface area contributed by atoms with Gasteiger partial charge in [-0.2, -0.15) is 13.2 Å². The van der Waals surface area contributed by atoms with Crippen molar-refractivity contribution in [1.82, 2.24) is 0 Å². The van der Waals surface area contributed by atoms with Crippen LogP contribution in [0.4, 0.5) is 17.6 Å². The Hall–Kier alpha value is -2.39. The van der Waals surface area contributed by atoms with Crippen LogP contribution in [-0.2, 0) is 4.79 Å². The summed E-state index contributed by atoms with van der Waals surface area (Å²) in [6.07, 6.45) is 0.818. The van der Waals surface area contributed by atoms with E-state index >= 15 is 0 Å². The van der Waals surface area contributed by atoms with Gasteiger partial charge in [-0.15, -0.1) is 0 Å². The number of fused-ring (bicyclic) bond motifs is 4. The summed E-state index contributed by atoms with van der Waals surface area (Å²) in [6.45, 7) is 3.56. The van der Waals surface area contributed by atoms with Crippen molar-refractivity contribution in [1.29, 1.82) is 0 Å². The number of aliphatic hydroxyl groups is 1. The van der Waals surface area contributed by atoms with E-state index in [2.05, 4.69) is 5.92 Å². The molecule has 0 unspecified atom stereocenters. The Balaban J connectivity index is 1.68. The molecule has 0 aliphatic heterocycles. The Morgan fingerprint density at radius 3 is 2.62 bits per heavy atom. The van der Waals surface area contributed by atoms with Gasteiger partial charge in [-0.25, -0.2) is 4.39 Å². The monoisotopic (exact) mass is 472 g/mol. The van der Waals surface area contributed by atoms with Crippen molar-refractivity contribution < 1.29 is 27.5 Å². The Bertz CT molecular complexity index is 1180. The molecule has 2 nitrogen and oxygen atoms in total. The molecule has 6 heteroatoms. The highest BCUT2D eigenvalue weighted by Crippen LogP contribution is 2.66. The standard InChI is InChI=1S/C28H28F4O2/c1-16-3-4-18(14-24(16)29)22-15-26(2)23(9-10-27(26,34)11-12-28(30,31)32)21-7-5-17-13-19(33)6-8-20(17)25(21)22/h3-4,13-14,21-23,34H,5-10,15H2,1-2H3/t21-,22+,23-,26-,27+/m0/s1. The molecule has 2 fully saturated rings. The summed E-state index contributed by atoms with van der Waals surface area (Å²) in [4.78, 5) is 12.1. The number of hydrogen-bond donors (Lipinski definition) is 1. The SMILES string of the molecule is Cc1ccc([C@H]2C[C@@]3(C)[C@@H](CC[C@@]3(O)C#CC(F)(F)F)[C@@H]3CCC4=CC(=O)CCC4=C32)cc1F. The van der Waals surface area contributed by atoms with E-state index < -0.39 is 17.2 Å². The van der Waals surface area contributed by atoms with Crippen molar-refractivity contribution >= 4 is 5.78 Å². The van der Waals surface area contributed by atoms with Crippen molar-refractivity contribution in [2.45, 2.75) is 76.5 Å². The molecule has 0 saturated heterocycles. The normalized spacial score (nSPS) is 35.1. The quantitative estimate of drug-likeness (QED) is 0.383. The second kappa shape index (κ2) is 7.81. The van der Waals surface area contributed by atoms with Crippen LogP contribution in [0.5, 0.6) is 0 Å². The van der Waals surface area contributed by atoms with E-state index in [4.69, 9.17) is 0 Å². The number of alkyl halides is 3. The molecule has 180 valence electrons. The van der Waals surface area contributed by atoms with Crippen molar-refractivity contribution in [2.75, 3.05) is 0 Å². The van der Waals surface area contributed by atoms with Crippen molar-refractivity contribution in [3.63, 3.8) is 0 Å².